The number of carbonyl (C=O) groups excluding carboxylic acids is 1. The smallest absolute Gasteiger partial charge is 0.235 e. The predicted molar refractivity (Wildman–Crippen MR) is 146 cm³/mol. The lowest BCUT2D eigenvalue weighted by Gasteiger charge is -2.23. The zero-order chi connectivity index (χ0) is 26.6. The molecule has 11 heteroatoms. The van der Waals surface area contributed by atoms with Crippen LogP contribution in [-0.2, 0) is 14.9 Å². The first kappa shape index (κ1) is 23.7. The number of fused-ring (bicyclic) bond motifs is 3. The first-order chi connectivity index (χ1) is 19.1. The number of rotatable bonds is 6. The number of nitrogens with one attached hydrogen (secondary N) is 3. The average Bonchev–Trinajstić information content (AvgIpc) is 3.61. The van der Waals surface area contributed by atoms with E-state index in [2.05, 4.69) is 47.8 Å². The lowest BCUT2D eigenvalue weighted by atomic mass is 9.91. The van der Waals surface area contributed by atoms with Crippen LogP contribution in [0.25, 0.3) is 10.9 Å². The van der Waals surface area contributed by atoms with Gasteiger partial charge in [0.2, 0.25) is 11.7 Å². The van der Waals surface area contributed by atoms with Crippen LogP contribution in [0.1, 0.15) is 29.9 Å². The Bertz CT molecular complexity index is 1580. The molecular weight excluding hydrogens is 498 g/mol. The Morgan fingerprint density at radius 1 is 1.08 bits per heavy atom. The second-order valence-electron chi connectivity index (χ2n) is 10.1. The number of methoxy groups -OCH3 is 2. The van der Waals surface area contributed by atoms with E-state index in [0.29, 0.717) is 24.0 Å². The zero-order valence-electron chi connectivity index (χ0n) is 21.8. The van der Waals surface area contributed by atoms with Gasteiger partial charge in [0, 0.05) is 36.7 Å². The number of H-pyrrole nitrogens is 1. The first-order valence-corrected chi connectivity index (χ1v) is 13.1. The molecule has 0 radical (unpaired) electrons. The third-order valence-electron chi connectivity index (χ3n) is 8.06. The molecule has 1 spiro atoms. The van der Waals surface area contributed by atoms with Gasteiger partial charge < -0.3 is 29.7 Å². The molecule has 0 bridgehead atoms. The summed E-state index contributed by atoms with van der Waals surface area (Å²) in [5.74, 6) is 3.35. The number of anilines is 4. The lowest BCUT2D eigenvalue weighted by molar-refractivity contribution is -0.118. The minimum atomic E-state index is -0.554. The van der Waals surface area contributed by atoms with E-state index in [1.165, 1.54) is 6.33 Å². The van der Waals surface area contributed by atoms with Gasteiger partial charge in [-0.05, 0) is 54.3 Å². The molecule has 1 aliphatic carbocycles. The summed E-state index contributed by atoms with van der Waals surface area (Å²) in [7, 11) is 3.26. The Balaban J connectivity index is 1.17. The van der Waals surface area contributed by atoms with Gasteiger partial charge in [-0.3, -0.25) is 9.89 Å². The Kier molecular flexibility index (Phi) is 5.55. The molecule has 1 amide bonds. The number of aromatic nitrogens is 4. The predicted octanol–water partition coefficient (Wildman–Crippen LogP) is 3.72. The van der Waals surface area contributed by atoms with Crippen LogP contribution < -0.4 is 25.0 Å². The number of hydrogen-bond donors (Lipinski definition) is 3. The molecule has 0 unspecified atom stereocenters. The molecule has 2 aromatic carbocycles. The summed E-state index contributed by atoms with van der Waals surface area (Å²) in [5.41, 5.74) is 3.28. The molecule has 2 aromatic heterocycles. The summed E-state index contributed by atoms with van der Waals surface area (Å²) < 4.78 is 16.8. The summed E-state index contributed by atoms with van der Waals surface area (Å²) in [6, 6.07) is 12.0. The van der Waals surface area contributed by atoms with Crippen LogP contribution >= 0.6 is 0 Å². The third-order valence-corrected chi connectivity index (χ3v) is 8.06. The highest BCUT2D eigenvalue weighted by Crippen LogP contribution is 2.65. The topological polar surface area (TPSA) is 127 Å². The molecule has 3 aliphatic rings. The minimum absolute atomic E-state index is 0.0467. The summed E-state index contributed by atoms with van der Waals surface area (Å²) in [6.07, 6.45) is 3.21. The van der Waals surface area contributed by atoms with Crippen molar-refractivity contribution in [3.05, 3.63) is 53.9 Å². The molecular formula is C28H29N7O4. The fourth-order valence-electron chi connectivity index (χ4n) is 5.98. The van der Waals surface area contributed by atoms with E-state index < -0.39 is 5.41 Å². The number of aromatic amines is 1. The van der Waals surface area contributed by atoms with Crippen LogP contribution in [0.5, 0.6) is 11.5 Å². The molecule has 3 N–H and O–H groups in total. The molecule has 2 aliphatic heterocycles. The lowest BCUT2D eigenvalue weighted by Crippen LogP contribution is -2.27. The van der Waals surface area contributed by atoms with E-state index in [0.717, 1.165) is 71.8 Å². The van der Waals surface area contributed by atoms with Crippen LogP contribution in [0.4, 0.5) is 23.1 Å². The van der Waals surface area contributed by atoms with Crippen molar-refractivity contribution >= 4 is 40.0 Å². The molecule has 1 saturated carbocycles. The van der Waals surface area contributed by atoms with Crippen LogP contribution in [0.2, 0.25) is 0 Å². The van der Waals surface area contributed by atoms with Gasteiger partial charge in [0.25, 0.3) is 0 Å². The van der Waals surface area contributed by atoms with Crippen molar-refractivity contribution in [3.8, 4) is 11.5 Å². The zero-order valence-corrected chi connectivity index (χ0v) is 21.8. The Morgan fingerprint density at radius 3 is 2.87 bits per heavy atom. The number of carbonyl (C=O) groups is 1. The molecule has 2 atom stereocenters. The highest BCUT2D eigenvalue weighted by molar-refractivity contribution is 6.10. The van der Waals surface area contributed by atoms with Gasteiger partial charge in [-0.25, -0.2) is 9.97 Å². The standard InChI is InChI=1S/C28H29N7O4/c1-37-17-5-7-21-19(13-17)28(27(36)31-21)14-20(28)16-4-6-18-22(12-16)33-34-24(18)32-25-23(38-2)26(30-15-29-25)35-8-3-10-39-11-9-35/h4-7,12-13,15,20H,3,8-11,14H2,1-2H3,(H,31,36)(H2,29,30,32,33,34)/t20-,28-/m0/s1. The van der Waals surface area contributed by atoms with E-state index in [1.807, 2.05) is 24.3 Å². The van der Waals surface area contributed by atoms with Crippen molar-refractivity contribution in [2.45, 2.75) is 24.2 Å². The van der Waals surface area contributed by atoms with E-state index in [4.69, 9.17) is 14.2 Å². The van der Waals surface area contributed by atoms with Crippen molar-refractivity contribution in [2.24, 2.45) is 0 Å². The molecule has 39 heavy (non-hydrogen) atoms. The molecule has 7 rings (SSSR count). The van der Waals surface area contributed by atoms with E-state index in [9.17, 15) is 4.79 Å². The van der Waals surface area contributed by atoms with E-state index in [1.54, 1.807) is 14.2 Å². The van der Waals surface area contributed by atoms with Gasteiger partial charge in [-0.15, -0.1) is 0 Å². The maximum Gasteiger partial charge on any atom is 0.235 e. The van der Waals surface area contributed by atoms with Crippen molar-refractivity contribution in [1.29, 1.82) is 0 Å². The van der Waals surface area contributed by atoms with Crippen LogP contribution in [0.3, 0.4) is 0 Å². The van der Waals surface area contributed by atoms with Crippen molar-refractivity contribution < 1.29 is 19.0 Å². The number of amides is 1. The van der Waals surface area contributed by atoms with Crippen LogP contribution in [0, 0.1) is 0 Å². The Labute approximate surface area is 224 Å². The van der Waals surface area contributed by atoms with Crippen LogP contribution in [0.15, 0.2) is 42.7 Å². The number of benzene rings is 2. The molecule has 4 aromatic rings. The molecule has 11 nitrogen and oxygen atoms in total. The van der Waals surface area contributed by atoms with Gasteiger partial charge in [0.1, 0.15) is 12.1 Å². The van der Waals surface area contributed by atoms with E-state index in [-0.39, 0.29) is 11.8 Å². The van der Waals surface area contributed by atoms with Gasteiger partial charge in [-0.2, -0.15) is 5.10 Å². The maximum absolute atomic E-state index is 13.1. The monoisotopic (exact) mass is 527 g/mol. The third kappa shape index (κ3) is 3.75. The average molecular weight is 528 g/mol. The molecule has 1 saturated heterocycles. The second kappa shape index (κ2) is 9.12. The fraction of sp³-hybridized carbons (Fsp3) is 0.357. The van der Waals surface area contributed by atoms with Crippen molar-refractivity contribution in [1.82, 2.24) is 20.2 Å². The Morgan fingerprint density at radius 2 is 2.00 bits per heavy atom. The summed E-state index contributed by atoms with van der Waals surface area (Å²) in [5, 5.41) is 15.0. The van der Waals surface area contributed by atoms with Crippen LogP contribution in [-0.4, -0.2) is 66.6 Å². The highest BCUT2D eigenvalue weighted by atomic mass is 16.5. The van der Waals surface area contributed by atoms with Crippen molar-refractivity contribution in [3.63, 3.8) is 0 Å². The summed E-state index contributed by atoms with van der Waals surface area (Å²) in [4.78, 5) is 24.2. The largest absolute Gasteiger partial charge is 0.497 e. The summed E-state index contributed by atoms with van der Waals surface area (Å²) in [6.45, 7) is 2.95. The van der Waals surface area contributed by atoms with Gasteiger partial charge >= 0.3 is 0 Å². The van der Waals surface area contributed by atoms with Crippen molar-refractivity contribution in [2.75, 3.05) is 56.1 Å². The molecule has 2 fully saturated rings. The molecule has 4 heterocycles. The van der Waals surface area contributed by atoms with Gasteiger partial charge in [-0.1, -0.05) is 6.07 Å². The normalized spacial score (nSPS) is 21.9. The SMILES string of the molecule is COc1ccc2c(c1)[C@]1(C[C@H]1c1ccc3c(Nc4ncnc(N5CCCOCC5)c4OC)n[nH]c3c1)C(=O)N2. The first-order valence-electron chi connectivity index (χ1n) is 13.1. The number of ether oxygens (including phenoxy) is 3. The fourth-order valence-corrected chi connectivity index (χ4v) is 5.98. The minimum Gasteiger partial charge on any atom is -0.497 e. The van der Waals surface area contributed by atoms with Gasteiger partial charge in [0.15, 0.2) is 17.5 Å². The van der Waals surface area contributed by atoms with Gasteiger partial charge in [0.05, 0.1) is 31.8 Å². The highest BCUT2D eigenvalue weighted by Gasteiger charge is 2.65. The molecule has 200 valence electrons. The number of hydrogen-bond acceptors (Lipinski definition) is 9. The second-order valence-corrected chi connectivity index (χ2v) is 10.1. The summed E-state index contributed by atoms with van der Waals surface area (Å²) >= 11 is 0. The maximum atomic E-state index is 13.1. The number of nitrogens with zero attached hydrogens (tertiary/aromatic N) is 4. The quantitative estimate of drug-likeness (QED) is 0.344. The van der Waals surface area contributed by atoms with E-state index >= 15 is 0 Å². The Hall–Kier alpha value is -4.38.